The fourth-order valence-corrected chi connectivity index (χ4v) is 4.37. The number of hydrogen-bond donors (Lipinski definition) is 2. The first-order valence-electron chi connectivity index (χ1n) is 10.3. The van der Waals surface area contributed by atoms with E-state index in [-0.39, 0.29) is 6.10 Å². The third-order valence-electron chi connectivity index (χ3n) is 5.90. The summed E-state index contributed by atoms with van der Waals surface area (Å²) in [7, 11) is 0. The van der Waals surface area contributed by atoms with Crippen molar-refractivity contribution in [1.29, 1.82) is 0 Å². The van der Waals surface area contributed by atoms with Crippen LogP contribution in [0.2, 0.25) is 0 Å². The van der Waals surface area contributed by atoms with Crippen LogP contribution < -0.4 is 16.2 Å². The van der Waals surface area contributed by atoms with Gasteiger partial charge in [-0.3, -0.25) is 0 Å². The van der Waals surface area contributed by atoms with E-state index in [0.29, 0.717) is 18.5 Å². The lowest BCUT2D eigenvalue weighted by atomic mass is 9.70. The Morgan fingerprint density at radius 2 is 1.90 bits per heavy atom. The quantitative estimate of drug-likeness (QED) is 0.768. The van der Waals surface area contributed by atoms with E-state index in [9.17, 15) is 0 Å². The number of hydrogen-bond acceptors (Lipinski definition) is 7. The first kappa shape index (κ1) is 19.6. The molecule has 0 radical (unpaired) electrons. The van der Waals surface area contributed by atoms with Crippen molar-refractivity contribution in [2.45, 2.75) is 64.0 Å². The molecule has 0 amide bonds. The van der Waals surface area contributed by atoms with Crippen molar-refractivity contribution in [2.24, 2.45) is 10.9 Å². The Morgan fingerprint density at radius 1 is 1.14 bits per heavy atom. The molecule has 1 aromatic heterocycles. The molecule has 29 heavy (non-hydrogen) atoms. The Balaban J connectivity index is 1.78. The van der Waals surface area contributed by atoms with Gasteiger partial charge in [-0.1, -0.05) is 5.16 Å². The van der Waals surface area contributed by atoms with E-state index in [1.54, 1.807) is 0 Å². The summed E-state index contributed by atoms with van der Waals surface area (Å²) in [5, 5.41) is 4.47. The average Bonchev–Trinajstić information content (AvgIpc) is 2.69. The molecule has 0 atom stereocenters. The maximum atomic E-state index is 6.29. The van der Waals surface area contributed by atoms with Crippen molar-refractivity contribution < 1.29 is 9.57 Å². The van der Waals surface area contributed by atoms with Gasteiger partial charge in [-0.2, -0.15) is 0 Å². The molecule has 2 aliphatic carbocycles. The van der Waals surface area contributed by atoms with Gasteiger partial charge in [0.25, 0.3) is 0 Å². The summed E-state index contributed by atoms with van der Waals surface area (Å²) >= 11 is 0. The summed E-state index contributed by atoms with van der Waals surface area (Å²) in [5.41, 5.74) is 16.2. The Morgan fingerprint density at radius 3 is 2.62 bits per heavy atom. The number of benzene rings is 1. The van der Waals surface area contributed by atoms with Crippen molar-refractivity contribution in [3.63, 3.8) is 0 Å². The zero-order valence-corrected chi connectivity index (χ0v) is 17.3. The van der Waals surface area contributed by atoms with Crippen molar-refractivity contribution >= 4 is 11.5 Å². The Kier molecular flexibility index (Phi) is 5.17. The van der Waals surface area contributed by atoms with Crippen molar-refractivity contribution in [2.75, 3.05) is 12.3 Å². The van der Waals surface area contributed by atoms with Crippen LogP contribution in [0.3, 0.4) is 0 Å². The molecule has 0 bridgehead atoms. The molecular weight excluding hydrogens is 366 g/mol. The summed E-state index contributed by atoms with van der Waals surface area (Å²) in [6.45, 7) is 6.55. The van der Waals surface area contributed by atoms with Crippen LogP contribution in [0, 0.1) is 0 Å². The molecular formula is C22H29N5O2. The fraction of sp³-hybridized carbons (Fsp3) is 0.500. The highest BCUT2D eigenvalue weighted by Crippen LogP contribution is 2.45. The van der Waals surface area contributed by atoms with Gasteiger partial charge in [0.15, 0.2) is 0 Å². The van der Waals surface area contributed by atoms with Gasteiger partial charge in [0, 0.05) is 28.1 Å². The second-order valence-electron chi connectivity index (χ2n) is 8.33. The molecule has 0 aliphatic heterocycles. The minimum absolute atomic E-state index is 0.196. The van der Waals surface area contributed by atoms with Crippen LogP contribution in [0.5, 0.6) is 5.75 Å². The van der Waals surface area contributed by atoms with E-state index in [2.05, 4.69) is 29.0 Å². The minimum Gasteiger partial charge on any atom is -0.490 e. The van der Waals surface area contributed by atoms with Crippen molar-refractivity contribution in [1.82, 2.24) is 9.97 Å². The average molecular weight is 396 g/mol. The third-order valence-corrected chi connectivity index (χ3v) is 5.90. The van der Waals surface area contributed by atoms with Crippen LogP contribution in [0.1, 0.15) is 57.6 Å². The first-order chi connectivity index (χ1) is 13.9. The van der Waals surface area contributed by atoms with Crippen molar-refractivity contribution in [3.05, 3.63) is 35.7 Å². The molecule has 7 nitrogen and oxygen atoms in total. The lowest BCUT2D eigenvalue weighted by Crippen LogP contribution is -2.36. The van der Waals surface area contributed by atoms with Gasteiger partial charge in [0.1, 0.15) is 24.5 Å². The fourth-order valence-electron chi connectivity index (χ4n) is 4.37. The van der Waals surface area contributed by atoms with Crippen molar-refractivity contribution in [3.8, 4) is 17.0 Å². The van der Waals surface area contributed by atoms with Gasteiger partial charge in [-0.05, 0) is 64.7 Å². The minimum atomic E-state index is -0.501. The van der Waals surface area contributed by atoms with E-state index in [1.165, 1.54) is 6.33 Å². The van der Waals surface area contributed by atoms with Crippen LogP contribution >= 0.6 is 0 Å². The number of anilines is 1. The molecule has 2 aliphatic rings. The molecule has 154 valence electrons. The van der Waals surface area contributed by atoms with Crippen LogP contribution in [-0.4, -0.2) is 34.4 Å². The maximum absolute atomic E-state index is 6.29. The smallest absolute Gasteiger partial charge is 0.131 e. The van der Waals surface area contributed by atoms with E-state index in [4.69, 9.17) is 21.0 Å². The summed E-state index contributed by atoms with van der Waals surface area (Å²) in [5.74, 6) is 1.29. The van der Waals surface area contributed by atoms with Gasteiger partial charge in [0.2, 0.25) is 0 Å². The highest BCUT2D eigenvalue weighted by molar-refractivity contribution is 6.15. The lowest BCUT2D eigenvalue weighted by molar-refractivity contribution is 0.147. The van der Waals surface area contributed by atoms with Crippen LogP contribution in [0.15, 0.2) is 29.7 Å². The highest BCUT2D eigenvalue weighted by atomic mass is 16.6. The molecule has 4 N–H and O–H groups in total. The number of nitrogens with two attached hydrogens (primary N) is 2. The van der Waals surface area contributed by atoms with Gasteiger partial charge < -0.3 is 21.0 Å². The van der Waals surface area contributed by atoms with E-state index >= 15 is 0 Å². The summed E-state index contributed by atoms with van der Waals surface area (Å²) in [4.78, 5) is 14.2. The number of aromatic nitrogens is 2. The normalized spacial score (nSPS) is 23.9. The number of nitrogen functional groups attached to an aromatic ring is 1. The molecule has 1 fully saturated rings. The number of rotatable bonds is 4. The molecule has 1 saturated carbocycles. The largest absolute Gasteiger partial charge is 0.490 e. The molecule has 1 aromatic carbocycles. The zero-order chi connectivity index (χ0) is 20.6. The lowest BCUT2D eigenvalue weighted by Gasteiger charge is -2.35. The predicted molar refractivity (Wildman–Crippen MR) is 114 cm³/mol. The van der Waals surface area contributed by atoms with E-state index in [1.807, 2.05) is 25.1 Å². The zero-order valence-electron chi connectivity index (χ0n) is 17.3. The topological polar surface area (TPSA) is 109 Å². The number of ether oxygens (including phenoxy) is 1. The molecule has 0 spiro atoms. The predicted octanol–water partition coefficient (Wildman–Crippen LogP) is 3.41. The first-order valence-corrected chi connectivity index (χ1v) is 10.3. The van der Waals surface area contributed by atoms with Crippen LogP contribution in [-0.2, 0) is 10.3 Å². The molecule has 0 saturated heterocycles. The number of fused-ring (bicyclic) bond motifs is 3. The molecule has 7 heteroatoms. The standard InChI is InChI=1S/C22H29N5O2/c1-4-28-27-20-17-11-15(29-14-7-5-13(23)6-8-14)9-10-16(17)19-18(22(20,2)3)21(24)26-12-25-19/h9-14H,4-8,23H2,1-3H3,(H2,24,25,26)/b27-20+. The molecule has 1 heterocycles. The Hall–Kier alpha value is -2.67. The van der Waals surface area contributed by atoms with E-state index < -0.39 is 5.41 Å². The highest BCUT2D eigenvalue weighted by Gasteiger charge is 2.41. The molecule has 4 rings (SSSR count). The van der Waals surface area contributed by atoms with Gasteiger partial charge in [0.05, 0.1) is 17.5 Å². The maximum Gasteiger partial charge on any atom is 0.131 e. The van der Waals surface area contributed by atoms with Gasteiger partial charge >= 0.3 is 0 Å². The number of oxime groups is 1. The second-order valence-corrected chi connectivity index (χ2v) is 8.33. The molecule has 0 unspecified atom stereocenters. The monoisotopic (exact) mass is 395 g/mol. The number of nitrogens with zero attached hydrogens (tertiary/aromatic N) is 3. The summed E-state index contributed by atoms with van der Waals surface area (Å²) < 4.78 is 6.29. The van der Waals surface area contributed by atoms with Crippen LogP contribution in [0.4, 0.5) is 5.82 Å². The second kappa shape index (κ2) is 7.63. The van der Waals surface area contributed by atoms with E-state index in [0.717, 1.165) is 59.5 Å². The summed E-state index contributed by atoms with van der Waals surface area (Å²) in [6, 6.07) is 6.36. The SMILES string of the molecule is CCO/N=C1\c2cc(OC3CCC(N)CC3)ccc2-c2ncnc(N)c2C1(C)C. The van der Waals surface area contributed by atoms with Gasteiger partial charge in [-0.25, -0.2) is 9.97 Å². The summed E-state index contributed by atoms with van der Waals surface area (Å²) in [6.07, 6.45) is 5.68. The van der Waals surface area contributed by atoms with Gasteiger partial charge in [-0.15, -0.1) is 0 Å². The third kappa shape index (κ3) is 3.55. The molecule has 2 aromatic rings. The Labute approximate surface area is 171 Å². The Bertz CT molecular complexity index is 933. The van der Waals surface area contributed by atoms with Crippen LogP contribution in [0.25, 0.3) is 11.3 Å².